The smallest absolute Gasteiger partial charge is 0.223 e. The lowest BCUT2D eigenvalue weighted by Gasteiger charge is -2.57. The van der Waals surface area contributed by atoms with Crippen molar-refractivity contribution in [3.63, 3.8) is 0 Å². The Labute approximate surface area is 167 Å². The summed E-state index contributed by atoms with van der Waals surface area (Å²) in [7, 11) is 1.63. The summed E-state index contributed by atoms with van der Waals surface area (Å²) in [4.78, 5) is 26.3. The molecular formula is C22H32N4O2. The number of hydrogen-bond acceptors (Lipinski definition) is 5. The van der Waals surface area contributed by atoms with E-state index in [9.17, 15) is 4.79 Å². The zero-order valence-electron chi connectivity index (χ0n) is 17.2. The molecule has 28 heavy (non-hydrogen) atoms. The predicted molar refractivity (Wildman–Crippen MR) is 107 cm³/mol. The second-order valence-electron chi connectivity index (χ2n) is 9.78. The van der Waals surface area contributed by atoms with Crippen LogP contribution in [0.5, 0.6) is 5.88 Å². The molecule has 1 saturated heterocycles. The maximum absolute atomic E-state index is 13.1. The number of hydrogen-bond donors (Lipinski definition) is 0. The molecule has 1 aliphatic heterocycles. The summed E-state index contributed by atoms with van der Waals surface area (Å²) in [5.74, 6) is 5.33. The number of aromatic nitrogens is 2. The second-order valence-corrected chi connectivity index (χ2v) is 9.78. The minimum absolute atomic E-state index is 0.333. The van der Waals surface area contributed by atoms with E-state index in [2.05, 4.69) is 19.8 Å². The lowest BCUT2D eigenvalue weighted by Crippen LogP contribution is -2.52. The standard InChI is InChI=1S/C22H32N4O2/c1-15-23-19(10-20(24-15)28-2)25-3-5-26(6-4-25)21(27)14-22-11-16-7-17(12-22)9-18(8-16)13-22/h10,16-18H,3-9,11-14H2,1-2H3. The van der Waals surface area contributed by atoms with Gasteiger partial charge < -0.3 is 14.5 Å². The molecule has 6 heteroatoms. The van der Waals surface area contributed by atoms with Gasteiger partial charge in [-0.2, -0.15) is 4.98 Å². The Morgan fingerprint density at radius 2 is 1.68 bits per heavy atom. The van der Waals surface area contributed by atoms with Crippen molar-refractivity contribution in [1.29, 1.82) is 0 Å². The monoisotopic (exact) mass is 384 g/mol. The summed E-state index contributed by atoms with van der Waals surface area (Å²) < 4.78 is 5.28. The van der Waals surface area contributed by atoms with Gasteiger partial charge in [-0.3, -0.25) is 4.79 Å². The van der Waals surface area contributed by atoms with Crippen LogP contribution in [0.3, 0.4) is 0 Å². The lowest BCUT2D eigenvalue weighted by atomic mass is 9.49. The van der Waals surface area contributed by atoms with Crippen molar-refractivity contribution in [2.75, 3.05) is 38.2 Å². The molecule has 0 atom stereocenters. The fraction of sp³-hybridized carbons (Fsp3) is 0.773. The van der Waals surface area contributed by atoms with Gasteiger partial charge >= 0.3 is 0 Å². The van der Waals surface area contributed by atoms with Crippen molar-refractivity contribution < 1.29 is 9.53 Å². The number of anilines is 1. The molecule has 0 radical (unpaired) electrons. The van der Waals surface area contributed by atoms with Gasteiger partial charge in [0.1, 0.15) is 11.6 Å². The van der Waals surface area contributed by atoms with Crippen LogP contribution in [0, 0.1) is 30.1 Å². The third-order valence-electron chi connectivity index (χ3n) is 7.66. The lowest BCUT2D eigenvalue weighted by molar-refractivity contribution is -0.139. The highest BCUT2D eigenvalue weighted by Crippen LogP contribution is 2.61. The fourth-order valence-electron chi connectivity index (χ4n) is 6.92. The quantitative estimate of drug-likeness (QED) is 0.799. The molecule has 1 aromatic heterocycles. The molecule has 0 unspecified atom stereocenters. The molecule has 1 aromatic rings. The SMILES string of the molecule is COc1cc(N2CCN(C(=O)CC34CC5CC(CC(C5)C3)C4)CC2)nc(C)n1. The Bertz CT molecular complexity index is 722. The molecular weight excluding hydrogens is 352 g/mol. The zero-order chi connectivity index (χ0) is 19.3. The van der Waals surface area contributed by atoms with Gasteiger partial charge in [0.15, 0.2) is 0 Å². The molecule has 0 spiro atoms. The average molecular weight is 385 g/mol. The van der Waals surface area contributed by atoms with E-state index in [1.54, 1.807) is 7.11 Å². The maximum Gasteiger partial charge on any atom is 0.223 e. The van der Waals surface area contributed by atoms with Crippen LogP contribution >= 0.6 is 0 Å². The van der Waals surface area contributed by atoms with Crippen LogP contribution in [0.2, 0.25) is 0 Å². The van der Waals surface area contributed by atoms with E-state index >= 15 is 0 Å². The number of carbonyl (C=O) groups is 1. The summed E-state index contributed by atoms with van der Waals surface area (Å²) in [6.45, 7) is 5.11. The Kier molecular flexibility index (Phi) is 4.48. The van der Waals surface area contributed by atoms with E-state index in [1.165, 1.54) is 38.5 Å². The first-order chi connectivity index (χ1) is 13.5. The van der Waals surface area contributed by atoms with E-state index in [1.807, 2.05) is 13.0 Å². The average Bonchev–Trinajstić information content (AvgIpc) is 2.66. The van der Waals surface area contributed by atoms with Crippen molar-refractivity contribution in [3.05, 3.63) is 11.9 Å². The van der Waals surface area contributed by atoms with Gasteiger partial charge in [-0.05, 0) is 68.6 Å². The van der Waals surface area contributed by atoms with Crippen molar-refractivity contribution in [2.24, 2.45) is 23.2 Å². The second kappa shape index (κ2) is 6.89. The van der Waals surface area contributed by atoms with E-state index in [-0.39, 0.29) is 0 Å². The van der Waals surface area contributed by atoms with Gasteiger partial charge in [-0.25, -0.2) is 4.98 Å². The summed E-state index contributed by atoms with van der Waals surface area (Å²) in [6, 6.07) is 1.89. The predicted octanol–water partition coefficient (Wildman–Crippen LogP) is 3.05. The van der Waals surface area contributed by atoms with Crippen LogP contribution in [0.15, 0.2) is 6.07 Å². The first kappa shape index (κ1) is 18.2. The minimum atomic E-state index is 0.333. The van der Waals surface area contributed by atoms with Gasteiger partial charge in [0.25, 0.3) is 0 Å². The van der Waals surface area contributed by atoms with Gasteiger partial charge in [0.05, 0.1) is 7.11 Å². The topological polar surface area (TPSA) is 58.6 Å². The number of carbonyl (C=O) groups excluding carboxylic acids is 1. The first-order valence-corrected chi connectivity index (χ1v) is 10.9. The summed E-state index contributed by atoms with van der Waals surface area (Å²) in [5.41, 5.74) is 0.333. The molecule has 0 N–H and O–H groups in total. The minimum Gasteiger partial charge on any atom is -0.481 e. The molecule has 1 amide bonds. The molecule has 2 heterocycles. The molecule has 0 aromatic carbocycles. The number of aryl methyl sites for hydroxylation is 1. The normalized spacial score (nSPS) is 34.0. The molecule has 5 fully saturated rings. The zero-order valence-corrected chi connectivity index (χ0v) is 17.2. The largest absolute Gasteiger partial charge is 0.481 e. The molecule has 6 rings (SSSR count). The van der Waals surface area contributed by atoms with Crippen molar-refractivity contribution in [1.82, 2.24) is 14.9 Å². The van der Waals surface area contributed by atoms with E-state index in [4.69, 9.17) is 4.74 Å². The Morgan fingerprint density at radius 1 is 1.07 bits per heavy atom. The Morgan fingerprint density at radius 3 is 2.25 bits per heavy atom. The van der Waals surface area contributed by atoms with Gasteiger partial charge in [0, 0.05) is 38.7 Å². The third-order valence-corrected chi connectivity index (χ3v) is 7.66. The molecule has 6 nitrogen and oxygen atoms in total. The van der Waals surface area contributed by atoms with E-state index in [0.29, 0.717) is 17.2 Å². The third kappa shape index (κ3) is 3.35. The summed E-state index contributed by atoms with van der Waals surface area (Å²) >= 11 is 0. The number of rotatable bonds is 4. The number of nitrogens with zero attached hydrogens (tertiary/aromatic N) is 4. The van der Waals surface area contributed by atoms with Gasteiger partial charge in [-0.1, -0.05) is 0 Å². The van der Waals surface area contributed by atoms with E-state index in [0.717, 1.165) is 62.0 Å². The van der Waals surface area contributed by atoms with Crippen LogP contribution in [-0.4, -0.2) is 54.1 Å². The fourth-order valence-corrected chi connectivity index (χ4v) is 6.92. The molecule has 4 saturated carbocycles. The molecule has 4 bridgehead atoms. The van der Waals surface area contributed by atoms with Crippen LogP contribution in [-0.2, 0) is 4.79 Å². The van der Waals surface area contributed by atoms with E-state index < -0.39 is 0 Å². The number of methoxy groups -OCH3 is 1. The molecule has 4 aliphatic carbocycles. The van der Waals surface area contributed by atoms with Crippen LogP contribution in [0.4, 0.5) is 5.82 Å². The van der Waals surface area contributed by atoms with Crippen LogP contribution in [0.25, 0.3) is 0 Å². The number of amides is 1. The van der Waals surface area contributed by atoms with Crippen molar-refractivity contribution >= 4 is 11.7 Å². The van der Waals surface area contributed by atoms with Gasteiger partial charge in [0.2, 0.25) is 11.8 Å². The highest BCUT2D eigenvalue weighted by molar-refractivity contribution is 5.77. The Hall–Kier alpha value is -1.85. The molecule has 152 valence electrons. The van der Waals surface area contributed by atoms with Crippen LogP contribution in [0.1, 0.15) is 50.8 Å². The van der Waals surface area contributed by atoms with Crippen LogP contribution < -0.4 is 9.64 Å². The summed E-state index contributed by atoms with van der Waals surface area (Å²) in [5, 5.41) is 0. The van der Waals surface area contributed by atoms with Gasteiger partial charge in [-0.15, -0.1) is 0 Å². The number of piperazine rings is 1. The number of ether oxygens (including phenoxy) is 1. The maximum atomic E-state index is 13.1. The van der Waals surface area contributed by atoms with Crippen molar-refractivity contribution in [3.8, 4) is 5.88 Å². The first-order valence-electron chi connectivity index (χ1n) is 10.9. The highest BCUT2D eigenvalue weighted by Gasteiger charge is 2.51. The summed E-state index contributed by atoms with van der Waals surface area (Å²) in [6.07, 6.45) is 9.03. The molecule has 5 aliphatic rings. The van der Waals surface area contributed by atoms with Crippen molar-refractivity contribution in [2.45, 2.75) is 51.9 Å². The Balaban J connectivity index is 1.20. The highest BCUT2D eigenvalue weighted by atomic mass is 16.5.